The molecule has 0 saturated heterocycles. The van der Waals surface area contributed by atoms with Gasteiger partial charge in [-0.25, -0.2) is 9.59 Å². The topological polar surface area (TPSA) is 134 Å². The van der Waals surface area contributed by atoms with Crippen molar-refractivity contribution in [1.29, 1.82) is 0 Å². The number of phenolic OH excluding ortho intramolecular Hbond substituents is 2. The minimum absolute atomic E-state index is 0. The fraction of sp³-hybridized carbons (Fsp3) is 0.300. The summed E-state index contributed by atoms with van der Waals surface area (Å²) in [6.45, 7) is 4.07. The molecule has 9 heteroatoms. The summed E-state index contributed by atoms with van der Waals surface area (Å²) in [5.41, 5.74) is 0.415. The summed E-state index contributed by atoms with van der Waals surface area (Å²) in [4.78, 5) is 22.2. The average Bonchev–Trinajstić information content (AvgIpc) is 2.72. The van der Waals surface area contributed by atoms with Crippen LogP contribution < -0.4 is 0 Å². The Balaban J connectivity index is -0.000000386. The van der Waals surface area contributed by atoms with Gasteiger partial charge in [-0.1, -0.05) is 24.3 Å². The van der Waals surface area contributed by atoms with Gasteiger partial charge in [0, 0.05) is 40.4 Å². The van der Waals surface area contributed by atoms with Crippen LogP contribution in [-0.2, 0) is 35.7 Å². The Morgan fingerprint density at radius 3 is 1.21 bits per heavy atom. The van der Waals surface area contributed by atoms with Crippen LogP contribution in [-0.4, -0.2) is 59.8 Å². The minimum Gasteiger partial charge on any atom is -0.507 e. The number of para-hydroxylation sites is 2. The van der Waals surface area contributed by atoms with Gasteiger partial charge in [0.2, 0.25) is 0 Å². The van der Waals surface area contributed by atoms with E-state index in [1.54, 1.807) is 38.1 Å². The van der Waals surface area contributed by atoms with Crippen LogP contribution in [0.1, 0.15) is 34.6 Å². The van der Waals surface area contributed by atoms with Gasteiger partial charge in [-0.3, -0.25) is 0 Å². The molecule has 2 aromatic rings. The van der Waals surface area contributed by atoms with Gasteiger partial charge in [-0.15, -0.1) is 0 Å². The number of hydrogen-bond acceptors (Lipinski definition) is 8. The third-order valence-corrected chi connectivity index (χ3v) is 2.80. The quantitative estimate of drug-likeness (QED) is 0.483. The third kappa shape index (κ3) is 12.8. The number of carbonyl (C=O) groups excluding carboxylic acids is 2. The second-order valence-electron chi connectivity index (χ2n) is 4.48. The molecule has 29 heavy (non-hydrogen) atoms. The smallest absolute Gasteiger partial charge is 0.341 e. The molecule has 0 aromatic heterocycles. The van der Waals surface area contributed by atoms with Crippen molar-refractivity contribution < 1.29 is 65.7 Å². The van der Waals surface area contributed by atoms with E-state index in [-0.39, 0.29) is 48.8 Å². The average molecular weight is 488 g/mol. The molecule has 0 unspecified atom stereocenters. The number of hydrogen-bond donors (Lipinski definition) is 4. The van der Waals surface area contributed by atoms with Gasteiger partial charge in [-0.2, -0.15) is 0 Å². The summed E-state index contributed by atoms with van der Waals surface area (Å²) in [6.07, 6.45) is 0. The molecule has 0 aliphatic carbocycles. The molecule has 0 amide bonds. The van der Waals surface area contributed by atoms with Crippen molar-refractivity contribution in [3.63, 3.8) is 0 Å². The summed E-state index contributed by atoms with van der Waals surface area (Å²) in [5, 5.41) is 32.4. The first-order valence-corrected chi connectivity index (χ1v) is 8.30. The van der Waals surface area contributed by atoms with Crippen LogP contribution in [0.4, 0.5) is 0 Å². The van der Waals surface area contributed by atoms with Crippen LogP contribution in [0.5, 0.6) is 11.5 Å². The summed E-state index contributed by atoms with van der Waals surface area (Å²) >= 11 is 0. The second kappa shape index (κ2) is 20.5. The van der Waals surface area contributed by atoms with Gasteiger partial charge >= 0.3 is 11.9 Å². The largest absolute Gasteiger partial charge is 0.507 e. The summed E-state index contributed by atoms with van der Waals surface area (Å²) < 4.78 is 9.42. The first-order chi connectivity index (χ1) is 13.5. The predicted octanol–water partition coefficient (Wildman–Crippen LogP) is 2.35. The van der Waals surface area contributed by atoms with Gasteiger partial charge < -0.3 is 29.9 Å². The molecule has 0 saturated carbocycles. The van der Waals surface area contributed by atoms with E-state index in [0.29, 0.717) is 13.2 Å². The third-order valence-electron chi connectivity index (χ3n) is 2.80. The zero-order valence-corrected chi connectivity index (χ0v) is 19.4. The number of rotatable bonds is 4. The molecule has 0 aliphatic heterocycles. The van der Waals surface area contributed by atoms with E-state index in [1.807, 2.05) is 0 Å². The number of aromatic hydroxyl groups is 2. The van der Waals surface area contributed by atoms with Crippen molar-refractivity contribution in [1.82, 2.24) is 0 Å². The van der Waals surface area contributed by atoms with Crippen molar-refractivity contribution in [3.05, 3.63) is 59.7 Å². The Hall–Kier alpha value is -2.22. The Labute approximate surface area is 189 Å². The molecule has 0 fully saturated rings. The van der Waals surface area contributed by atoms with Crippen LogP contribution >= 0.6 is 0 Å². The van der Waals surface area contributed by atoms with Crippen LogP contribution in [0.3, 0.4) is 0 Å². The molecule has 2 rings (SSSR count). The van der Waals surface area contributed by atoms with E-state index < -0.39 is 11.9 Å². The van der Waals surface area contributed by atoms with E-state index in [9.17, 15) is 19.8 Å². The maximum atomic E-state index is 11.1. The van der Waals surface area contributed by atoms with E-state index in [2.05, 4.69) is 0 Å². The minimum atomic E-state index is -0.490. The van der Waals surface area contributed by atoms with Crippen molar-refractivity contribution >= 4 is 11.9 Å². The number of carbonyl (C=O) groups is 2. The second-order valence-corrected chi connectivity index (χ2v) is 4.48. The zero-order chi connectivity index (χ0) is 21.9. The number of aliphatic hydroxyl groups excluding tert-OH is 2. The molecule has 0 heterocycles. The SMILES string of the molecule is CCOC(=O)c1ccccc1O.CCOC(=O)c1ccccc1O.CO.CO.[Zr]. The van der Waals surface area contributed by atoms with Crippen molar-refractivity contribution in [3.8, 4) is 11.5 Å². The fourth-order valence-electron chi connectivity index (χ4n) is 1.71. The van der Waals surface area contributed by atoms with Gasteiger partial charge in [-0.05, 0) is 38.1 Å². The molecule has 0 bridgehead atoms. The normalized spacial score (nSPS) is 8.21. The fourth-order valence-corrected chi connectivity index (χ4v) is 1.71. The molecular weight excluding hydrogens is 459 g/mol. The Morgan fingerprint density at radius 1 is 0.690 bits per heavy atom. The zero-order valence-electron chi connectivity index (χ0n) is 17.0. The van der Waals surface area contributed by atoms with Crippen molar-refractivity contribution in [2.24, 2.45) is 0 Å². The van der Waals surface area contributed by atoms with E-state index in [0.717, 1.165) is 14.2 Å². The van der Waals surface area contributed by atoms with Crippen LogP contribution in [0.2, 0.25) is 0 Å². The summed E-state index contributed by atoms with van der Waals surface area (Å²) in [6, 6.07) is 12.6. The molecule has 4 N–H and O–H groups in total. The van der Waals surface area contributed by atoms with E-state index >= 15 is 0 Å². The summed E-state index contributed by atoms with van der Waals surface area (Å²) in [5.74, 6) is -1.07. The van der Waals surface area contributed by atoms with Crippen LogP contribution in [0.15, 0.2) is 48.5 Å². The molecule has 0 radical (unpaired) electrons. The molecule has 0 atom stereocenters. The number of benzene rings is 2. The van der Waals surface area contributed by atoms with Crippen LogP contribution in [0.25, 0.3) is 0 Å². The Morgan fingerprint density at radius 2 is 0.966 bits per heavy atom. The standard InChI is InChI=1S/2C9H10O3.2CH4O.Zr/c2*1-2-12-9(11)7-5-3-4-6-8(7)10;2*1-2;/h2*3-6,10H,2H2,1H3;2*2H,1H3;. The number of esters is 2. The predicted molar refractivity (Wildman–Crippen MR) is 104 cm³/mol. The van der Waals surface area contributed by atoms with E-state index in [4.69, 9.17) is 19.7 Å². The molecular formula is C20H28O8Zr. The van der Waals surface area contributed by atoms with Gasteiger partial charge in [0.25, 0.3) is 0 Å². The first kappa shape index (κ1) is 31.5. The summed E-state index contributed by atoms with van der Waals surface area (Å²) in [7, 11) is 2.00. The molecule has 2 aromatic carbocycles. The van der Waals surface area contributed by atoms with E-state index in [1.165, 1.54) is 24.3 Å². The molecule has 160 valence electrons. The molecule has 0 spiro atoms. The van der Waals surface area contributed by atoms with Gasteiger partial charge in [0.05, 0.1) is 13.2 Å². The first-order valence-electron chi connectivity index (χ1n) is 8.30. The maximum absolute atomic E-state index is 11.1. The molecule has 8 nitrogen and oxygen atoms in total. The van der Waals surface area contributed by atoms with Crippen molar-refractivity contribution in [2.75, 3.05) is 27.4 Å². The van der Waals surface area contributed by atoms with Crippen molar-refractivity contribution in [2.45, 2.75) is 13.8 Å². The Kier molecular flexibility index (Phi) is 22.3. The Bertz CT molecular complexity index is 632. The number of aliphatic hydroxyl groups is 2. The van der Waals surface area contributed by atoms with Gasteiger partial charge in [0.1, 0.15) is 22.6 Å². The molecule has 0 aliphatic rings. The number of ether oxygens (including phenoxy) is 2. The van der Waals surface area contributed by atoms with Gasteiger partial charge in [0.15, 0.2) is 0 Å². The number of phenols is 2. The van der Waals surface area contributed by atoms with Crippen LogP contribution in [0, 0.1) is 0 Å². The maximum Gasteiger partial charge on any atom is 0.341 e. The monoisotopic (exact) mass is 486 g/mol.